The third-order valence-corrected chi connectivity index (χ3v) is 3.04. The molecule has 0 amide bonds. The average Bonchev–Trinajstić information content (AvgIpc) is 2.09. The summed E-state index contributed by atoms with van der Waals surface area (Å²) in [5.41, 5.74) is 2.15. The molecule has 1 rings (SSSR count). The molecule has 0 bridgehead atoms. The van der Waals surface area contributed by atoms with Gasteiger partial charge in [0.25, 0.3) is 0 Å². The van der Waals surface area contributed by atoms with Gasteiger partial charge in [0.1, 0.15) is 0 Å². The lowest BCUT2D eigenvalue weighted by atomic mass is 10.4. The molecule has 0 spiro atoms. The summed E-state index contributed by atoms with van der Waals surface area (Å²) in [5, 5.41) is 4.21. The smallest absolute Gasteiger partial charge is 0.0730 e. The quantitative estimate of drug-likeness (QED) is 0.564. The number of aromatic nitrogens is 2. The maximum Gasteiger partial charge on any atom is 0.0730 e. The number of hydrogen-bond acceptors (Lipinski definition) is 1. The Morgan fingerprint density at radius 1 is 1.70 bits per heavy atom. The van der Waals surface area contributed by atoms with Crippen LogP contribution in [0.4, 0.5) is 0 Å². The summed E-state index contributed by atoms with van der Waals surface area (Å²) >= 11 is 7.94. The van der Waals surface area contributed by atoms with Crippen LogP contribution in [-0.2, 0) is 12.9 Å². The number of rotatable bonds is 1. The van der Waals surface area contributed by atoms with Crippen LogP contribution in [0.1, 0.15) is 11.4 Å². The maximum atomic E-state index is 5.69. The molecule has 0 aromatic carbocycles. The number of aryl methyl sites for hydroxylation is 2. The summed E-state index contributed by atoms with van der Waals surface area (Å²) in [6.45, 7) is 1.98. The van der Waals surface area contributed by atoms with E-state index in [1.807, 2.05) is 18.7 Å². The molecule has 1 aromatic rings. The van der Waals surface area contributed by atoms with Crippen LogP contribution in [-0.4, -0.2) is 9.78 Å². The first-order valence-corrected chi connectivity index (χ1v) is 4.52. The van der Waals surface area contributed by atoms with Gasteiger partial charge in [0.2, 0.25) is 0 Å². The van der Waals surface area contributed by atoms with Gasteiger partial charge in [0.15, 0.2) is 0 Å². The fourth-order valence-electron chi connectivity index (χ4n) is 0.825. The second-order valence-corrected chi connectivity index (χ2v) is 3.45. The second kappa shape index (κ2) is 3.09. The summed E-state index contributed by atoms with van der Waals surface area (Å²) in [6, 6.07) is 0. The van der Waals surface area contributed by atoms with Crippen molar-refractivity contribution in [3.05, 3.63) is 15.0 Å². The van der Waals surface area contributed by atoms with Gasteiger partial charge in [-0.05, 0) is 29.5 Å². The van der Waals surface area contributed by atoms with E-state index in [2.05, 4.69) is 27.7 Å². The van der Waals surface area contributed by atoms with Crippen molar-refractivity contribution in [2.45, 2.75) is 12.8 Å². The number of alkyl halides is 1. The molecule has 1 heterocycles. The van der Waals surface area contributed by atoms with Gasteiger partial charge in [-0.1, -0.05) is 0 Å². The van der Waals surface area contributed by atoms with Crippen molar-refractivity contribution < 1.29 is 0 Å². The fourth-order valence-corrected chi connectivity index (χ4v) is 2.01. The molecule has 0 unspecified atom stereocenters. The van der Waals surface area contributed by atoms with Crippen LogP contribution in [0.5, 0.6) is 0 Å². The third kappa shape index (κ3) is 1.29. The van der Waals surface area contributed by atoms with Crippen LogP contribution < -0.4 is 0 Å². The van der Waals surface area contributed by atoms with E-state index in [9.17, 15) is 0 Å². The minimum Gasteiger partial charge on any atom is -0.270 e. The molecule has 0 N–H and O–H groups in total. The number of halogens is 2. The fraction of sp³-hybridized carbons (Fsp3) is 0.500. The van der Waals surface area contributed by atoms with E-state index < -0.39 is 0 Å². The Kier molecular flexibility index (Phi) is 2.57. The molecule has 0 saturated heterocycles. The molecular formula is C6H8ClIN2. The monoisotopic (exact) mass is 270 g/mol. The SMILES string of the molecule is Cc1nn(C)c(CCl)c1I. The van der Waals surface area contributed by atoms with Crippen LogP contribution >= 0.6 is 34.2 Å². The van der Waals surface area contributed by atoms with Gasteiger partial charge < -0.3 is 0 Å². The first-order valence-electron chi connectivity index (χ1n) is 2.90. The molecule has 0 saturated carbocycles. The molecule has 1 aromatic heterocycles. The van der Waals surface area contributed by atoms with Gasteiger partial charge in [0, 0.05) is 7.05 Å². The Labute approximate surface area is 78.7 Å². The lowest BCUT2D eigenvalue weighted by molar-refractivity contribution is 0.726. The first kappa shape index (κ1) is 8.33. The van der Waals surface area contributed by atoms with Crippen molar-refractivity contribution in [1.82, 2.24) is 9.78 Å². The van der Waals surface area contributed by atoms with Crippen LogP contribution in [0.15, 0.2) is 0 Å². The number of nitrogens with zero attached hydrogens (tertiary/aromatic N) is 2. The predicted octanol–water partition coefficient (Wildman–Crippen LogP) is 2.07. The third-order valence-electron chi connectivity index (χ3n) is 1.39. The maximum absolute atomic E-state index is 5.69. The Balaban J connectivity index is 3.20. The highest BCUT2D eigenvalue weighted by atomic mass is 127. The summed E-state index contributed by atoms with van der Waals surface area (Å²) in [7, 11) is 1.91. The van der Waals surface area contributed by atoms with E-state index in [1.165, 1.54) is 3.57 Å². The van der Waals surface area contributed by atoms with E-state index in [4.69, 9.17) is 11.6 Å². The van der Waals surface area contributed by atoms with Crippen molar-refractivity contribution in [1.29, 1.82) is 0 Å². The Morgan fingerprint density at radius 2 is 2.30 bits per heavy atom. The molecule has 10 heavy (non-hydrogen) atoms. The van der Waals surface area contributed by atoms with Gasteiger partial charge in [-0.25, -0.2) is 0 Å². The molecule has 0 radical (unpaired) electrons. The Bertz CT molecular complexity index is 244. The zero-order valence-corrected chi connectivity index (χ0v) is 8.77. The van der Waals surface area contributed by atoms with Gasteiger partial charge in [-0.15, -0.1) is 11.6 Å². The van der Waals surface area contributed by atoms with Gasteiger partial charge in [0.05, 0.1) is 20.8 Å². The molecule has 0 aliphatic carbocycles. The number of hydrogen-bond donors (Lipinski definition) is 0. The van der Waals surface area contributed by atoms with Crippen molar-refractivity contribution in [2.24, 2.45) is 7.05 Å². The van der Waals surface area contributed by atoms with Gasteiger partial charge in [-0.2, -0.15) is 5.10 Å². The molecule has 0 atom stereocenters. The molecular weight excluding hydrogens is 262 g/mol. The Hall–Kier alpha value is 0.230. The second-order valence-electron chi connectivity index (χ2n) is 2.10. The van der Waals surface area contributed by atoms with Crippen molar-refractivity contribution >= 4 is 34.2 Å². The summed E-state index contributed by atoms with van der Waals surface area (Å²) in [4.78, 5) is 0. The molecule has 2 nitrogen and oxygen atoms in total. The van der Waals surface area contributed by atoms with Crippen LogP contribution in [0.2, 0.25) is 0 Å². The summed E-state index contributed by atoms with van der Waals surface area (Å²) in [5.74, 6) is 0.537. The van der Waals surface area contributed by atoms with E-state index in [1.54, 1.807) is 0 Å². The lowest BCUT2D eigenvalue weighted by Crippen LogP contribution is -1.95. The van der Waals surface area contributed by atoms with Crippen molar-refractivity contribution in [2.75, 3.05) is 0 Å². The van der Waals surface area contributed by atoms with Crippen LogP contribution in [0.3, 0.4) is 0 Å². The van der Waals surface area contributed by atoms with E-state index in [0.717, 1.165) is 11.4 Å². The topological polar surface area (TPSA) is 17.8 Å². The highest BCUT2D eigenvalue weighted by Crippen LogP contribution is 2.16. The Morgan fingerprint density at radius 3 is 2.50 bits per heavy atom. The summed E-state index contributed by atoms with van der Waals surface area (Å²) < 4.78 is 3.00. The lowest BCUT2D eigenvalue weighted by Gasteiger charge is -1.94. The standard InChI is InChI=1S/C6H8ClIN2/c1-4-6(8)5(3-7)10(2)9-4/h3H2,1-2H3. The largest absolute Gasteiger partial charge is 0.270 e. The molecule has 0 aliphatic heterocycles. The average molecular weight is 271 g/mol. The zero-order chi connectivity index (χ0) is 7.72. The van der Waals surface area contributed by atoms with Crippen molar-refractivity contribution in [3.63, 3.8) is 0 Å². The highest BCUT2D eigenvalue weighted by molar-refractivity contribution is 14.1. The van der Waals surface area contributed by atoms with E-state index >= 15 is 0 Å². The van der Waals surface area contributed by atoms with E-state index in [0.29, 0.717) is 5.88 Å². The van der Waals surface area contributed by atoms with E-state index in [-0.39, 0.29) is 0 Å². The van der Waals surface area contributed by atoms with Gasteiger partial charge in [-0.3, -0.25) is 4.68 Å². The van der Waals surface area contributed by atoms with Gasteiger partial charge >= 0.3 is 0 Å². The summed E-state index contributed by atoms with van der Waals surface area (Å²) in [6.07, 6.45) is 0. The highest BCUT2D eigenvalue weighted by Gasteiger charge is 2.07. The zero-order valence-electron chi connectivity index (χ0n) is 5.86. The normalized spacial score (nSPS) is 10.4. The molecule has 56 valence electrons. The first-order chi connectivity index (χ1) is 4.66. The molecule has 0 fully saturated rings. The minimum absolute atomic E-state index is 0.537. The molecule has 0 aliphatic rings. The molecule has 4 heteroatoms. The predicted molar refractivity (Wildman–Crippen MR) is 50.2 cm³/mol. The van der Waals surface area contributed by atoms with Crippen LogP contribution in [0, 0.1) is 10.5 Å². The van der Waals surface area contributed by atoms with Crippen LogP contribution in [0.25, 0.3) is 0 Å². The minimum atomic E-state index is 0.537. The van der Waals surface area contributed by atoms with Crippen molar-refractivity contribution in [3.8, 4) is 0 Å².